The lowest BCUT2D eigenvalue weighted by molar-refractivity contribution is -0.337. The normalized spacial score (nSPS) is 33.7. The van der Waals surface area contributed by atoms with E-state index in [-0.39, 0.29) is 6.10 Å². The number of benzene rings is 2. The molecule has 6 atom stereocenters. The molecular formula is C21H23NO5. The summed E-state index contributed by atoms with van der Waals surface area (Å²) < 4.78 is 23.1. The Morgan fingerprint density at radius 3 is 2.44 bits per heavy atom. The van der Waals surface area contributed by atoms with Crippen molar-refractivity contribution in [2.45, 2.75) is 36.9 Å². The summed E-state index contributed by atoms with van der Waals surface area (Å²) in [6.45, 7) is 0.341. The average molecular weight is 369 g/mol. The molecule has 2 fully saturated rings. The van der Waals surface area contributed by atoms with Gasteiger partial charge in [-0.15, -0.1) is 0 Å². The highest BCUT2D eigenvalue weighted by atomic mass is 16.7. The summed E-state index contributed by atoms with van der Waals surface area (Å²) in [7, 11) is 1.50. The third kappa shape index (κ3) is 3.95. The molecule has 6 nitrogen and oxygen atoms in total. The fourth-order valence-electron chi connectivity index (χ4n) is 3.44. The number of rotatable bonds is 4. The van der Waals surface area contributed by atoms with Gasteiger partial charge in [-0.2, -0.15) is 0 Å². The Balaban J connectivity index is 1.58. The molecule has 2 heterocycles. The third-order valence-corrected chi connectivity index (χ3v) is 4.83. The molecule has 0 saturated carbocycles. The van der Waals surface area contributed by atoms with Crippen LogP contribution in [0, 0.1) is 0 Å². The molecule has 0 bridgehead atoms. The first kappa shape index (κ1) is 18.3. The molecule has 0 radical (unpaired) electrons. The first-order valence-electron chi connectivity index (χ1n) is 9.03. The van der Waals surface area contributed by atoms with Gasteiger partial charge >= 0.3 is 0 Å². The minimum atomic E-state index is -0.939. The summed E-state index contributed by atoms with van der Waals surface area (Å²) in [5.41, 5.74) is 1.87. The first-order valence-corrected chi connectivity index (χ1v) is 9.03. The number of ether oxygens (including phenoxy) is 4. The smallest absolute Gasteiger partial charge is 0.185 e. The van der Waals surface area contributed by atoms with Crippen molar-refractivity contribution in [1.29, 1.82) is 0 Å². The topological polar surface area (TPSA) is 69.5 Å². The Labute approximate surface area is 158 Å². The largest absolute Gasteiger partial charge is 0.385 e. The van der Waals surface area contributed by atoms with Crippen molar-refractivity contribution in [1.82, 2.24) is 0 Å². The van der Waals surface area contributed by atoms with Gasteiger partial charge in [-0.25, -0.2) is 0 Å². The lowest BCUT2D eigenvalue weighted by Crippen LogP contribution is -2.61. The van der Waals surface area contributed by atoms with Crippen LogP contribution in [0.25, 0.3) is 0 Å². The fraction of sp³-hybridized carbons (Fsp3) is 0.381. The number of aliphatic hydroxyl groups is 1. The summed E-state index contributed by atoms with van der Waals surface area (Å²) in [6.07, 6.45) is -1.28. The monoisotopic (exact) mass is 369 g/mol. The summed E-state index contributed by atoms with van der Waals surface area (Å²) in [5, 5.41) is 10.7. The van der Waals surface area contributed by atoms with Gasteiger partial charge in [-0.3, -0.25) is 4.99 Å². The number of hydrogen-bond acceptors (Lipinski definition) is 6. The van der Waals surface area contributed by atoms with Crippen LogP contribution in [0.15, 0.2) is 65.7 Å². The van der Waals surface area contributed by atoms with E-state index in [1.165, 1.54) is 7.11 Å². The van der Waals surface area contributed by atoms with Crippen molar-refractivity contribution in [3.63, 3.8) is 0 Å². The maximum atomic E-state index is 10.7. The van der Waals surface area contributed by atoms with E-state index in [4.69, 9.17) is 18.9 Å². The van der Waals surface area contributed by atoms with Gasteiger partial charge in [0.05, 0.1) is 6.61 Å². The zero-order chi connectivity index (χ0) is 18.6. The zero-order valence-corrected chi connectivity index (χ0v) is 15.0. The molecule has 0 unspecified atom stereocenters. The third-order valence-electron chi connectivity index (χ3n) is 4.83. The average Bonchev–Trinajstić information content (AvgIpc) is 2.74. The van der Waals surface area contributed by atoms with Crippen LogP contribution < -0.4 is 0 Å². The van der Waals surface area contributed by atoms with E-state index in [9.17, 15) is 5.11 Å². The Morgan fingerprint density at radius 2 is 1.74 bits per heavy atom. The molecule has 2 saturated heterocycles. The van der Waals surface area contributed by atoms with Crippen LogP contribution in [0.3, 0.4) is 0 Å². The van der Waals surface area contributed by atoms with Crippen molar-refractivity contribution in [3.05, 3.63) is 71.8 Å². The molecule has 27 heavy (non-hydrogen) atoms. The summed E-state index contributed by atoms with van der Waals surface area (Å²) >= 11 is 0. The Morgan fingerprint density at radius 1 is 1.04 bits per heavy atom. The lowest BCUT2D eigenvalue weighted by Gasteiger charge is -2.46. The highest BCUT2D eigenvalue weighted by Gasteiger charge is 2.49. The quantitative estimate of drug-likeness (QED) is 0.838. The van der Waals surface area contributed by atoms with Gasteiger partial charge in [0.25, 0.3) is 0 Å². The fourth-order valence-corrected chi connectivity index (χ4v) is 3.44. The first-order chi connectivity index (χ1) is 13.3. The van der Waals surface area contributed by atoms with Gasteiger partial charge in [-0.1, -0.05) is 60.7 Å². The highest BCUT2D eigenvalue weighted by Crippen LogP contribution is 2.35. The number of methoxy groups -OCH3 is 1. The molecule has 1 N–H and O–H groups in total. The van der Waals surface area contributed by atoms with E-state index in [1.807, 2.05) is 60.7 Å². The molecule has 2 aliphatic heterocycles. The second-order valence-electron chi connectivity index (χ2n) is 6.63. The number of fused-ring (bicyclic) bond motifs is 1. The van der Waals surface area contributed by atoms with Crippen molar-refractivity contribution in [2.24, 2.45) is 4.99 Å². The van der Waals surface area contributed by atoms with Crippen LogP contribution in [-0.2, 0) is 18.9 Å². The second kappa shape index (κ2) is 8.29. The van der Waals surface area contributed by atoms with E-state index in [0.29, 0.717) is 6.61 Å². The van der Waals surface area contributed by atoms with Crippen LogP contribution in [0.2, 0.25) is 0 Å². The molecule has 0 aromatic heterocycles. The minimum absolute atomic E-state index is 0.341. The SMILES string of the molecule is CO[C@H]1O[C@H]2CO[C@H](c3ccccc3)O[C@@H]2[C@@H](N=Cc2ccccc2)[C@H]1O. The van der Waals surface area contributed by atoms with Gasteiger partial charge in [0, 0.05) is 18.9 Å². The van der Waals surface area contributed by atoms with Gasteiger partial charge in [0.2, 0.25) is 0 Å². The summed E-state index contributed by atoms with van der Waals surface area (Å²) in [5.74, 6) is 0. The van der Waals surface area contributed by atoms with Crippen molar-refractivity contribution >= 4 is 6.21 Å². The Kier molecular flexibility index (Phi) is 5.61. The van der Waals surface area contributed by atoms with Crippen LogP contribution in [0.4, 0.5) is 0 Å². The molecule has 4 rings (SSSR count). The highest BCUT2D eigenvalue weighted by molar-refractivity contribution is 5.79. The standard InChI is InChI=1S/C21H23NO5/c1-24-21-18(23)17(22-12-14-8-4-2-5-9-14)19-16(26-21)13-25-20(27-19)15-10-6-3-7-11-15/h2-12,16-21,23H,13H2,1H3/t16-,17-,18+,19-,20-,21-/m0/s1. The summed E-state index contributed by atoms with van der Waals surface area (Å²) in [6, 6.07) is 18.9. The number of nitrogens with zero attached hydrogens (tertiary/aromatic N) is 1. The molecule has 2 aromatic rings. The van der Waals surface area contributed by atoms with Crippen molar-refractivity contribution in [3.8, 4) is 0 Å². The lowest BCUT2D eigenvalue weighted by atomic mass is 9.95. The Bertz CT molecular complexity index is 754. The van der Waals surface area contributed by atoms with Crippen molar-refractivity contribution < 1.29 is 24.1 Å². The van der Waals surface area contributed by atoms with Gasteiger partial charge in [-0.05, 0) is 5.56 Å². The van der Waals surface area contributed by atoms with Crippen LogP contribution >= 0.6 is 0 Å². The van der Waals surface area contributed by atoms with Crippen LogP contribution in [-0.4, -0.2) is 55.7 Å². The second-order valence-corrected chi connectivity index (χ2v) is 6.63. The Hall–Kier alpha value is -2.09. The van der Waals surface area contributed by atoms with E-state index >= 15 is 0 Å². The van der Waals surface area contributed by atoms with Crippen LogP contribution in [0.1, 0.15) is 17.4 Å². The van der Waals surface area contributed by atoms with E-state index < -0.39 is 30.8 Å². The van der Waals surface area contributed by atoms with Gasteiger partial charge < -0.3 is 24.1 Å². The van der Waals surface area contributed by atoms with E-state index in [0.717, 1.165) is 11.1 Å². The predicted octanol–water partition coefficient (Wildman–Crippen LogP) is 2.32. The predicted molar refractivity (Wildman–Crippen MR) is 99.5 cm³/mol. The van der Waals surface area contributed by atoms with Gasteiger partial charge in [0.15, 0.2) is 12.6 Å². The maximum Gasteiger partial charge on any atom is 0.185 e. The summed E-state index contributed by atoms with van der Waals surface area (Å²) in [4.78, 5) is 4.63. The molecule has 0 amide bonds. The van der Waals surface area contributed by atoms with Gasteiger partial charge in [0.1, 0.15) is 24.4 Å². The molecule has 2 aliphatic rings. The molecule has 0 aliphatic carbocycles. The van der Waals surface area contributed by atoms with E-state index in [1.54, 1.807) is 6.21 Å². The molecule has 2 aromatic carbocycles. The molecule has 0 spiro atoms. The maximum absolute atomic E-state index is 10.7. The molecule has 6 heteroatoms. The van der Waals surface area contributed by atoms with Crippen molar-refractivity contribution in [2.75, 3.05) is 13.7 Å². The number of aliphatic hydroxyl groups excluding tert-OH is 1. The number of aliphatic imine (C=N–C) groups is 1. The number of hydrogen-bond donors (Lipinski definition) is 1. The molecule has 142 valence electrons. The zero-order valence-electron chi connectivity index (χ0n) is 15.0. The van der Waals surface area contributed by atoms with E-state index in [2.05, 4.69) is 4.99 Å². The van der Waals surface area contributed by atoms with Crippen LogP contribution in [0.5, 0.6) is 0 Å². The molecular weight excluding hydrogens is 346 g/mol. The minimum Gasteiger partial charge on any atom is -0.385 e.